The zero-order chi connectivity index (χ0) is 43.9. The van der Waals surface area contributed by atoms with E-state index in [0.29, 0.717) is 0 Å². The van der Waals surface area contributed by atoms with Crippen LogP contribution < -0.4 is 0 Å². The van der Waals surface area contributed by atoms with Gasteiger partial charge in [-0.1, -0.05) is 182 Å². The fraction of sp³-hybridized carbons (Fsp3) is 0.0484. The number of aromatic nitrogens is 3. The minimum absolute atomic E-state index is 0.763. The Labute approximate surface area is 382 Å². The summed E-state index contributed by atoms with van der Waals surface area (Å²) in [5, 5.41) is 21.8. The van der Waals surface area contributed by atoms with Gasteiger partial charge >= 0.3 is 0 Å². The number of fused-ring (bicyclic) bond motifs is 9. The first-order valence-corrected chi connectivity index (χ1v) is 22.7. The van der Waals surface area contributed by atoms with Gasteiger partial charge in [0.15, 0.2) is 0 Å². The second-order valence-electron chi connectivity index (χ2n) is 17.5. The Morgan fingerprint density at radius 2 is 1.02 bits per heavy atom. The molecule has 2 heterocycles. The number of hydrogen-bond donors (Lipinski definition) is 0. The van der Waals surface area contributed by atoms with Gasteiger partial charge in [-0.05, 0) is 132 Å². The Kier molecular flexibility index (Phi) is 8.69. The Hall–Kier alpha value is -8.47. The molecule has 310 valence electrons. The van der Waals surface area contributed by atoms with Crippen molar-refractivity contribution in [2.75, 3.05) is 0 Å². The highest BCUT2D eigenvalue weighted by Crippen LogP contribution is 2.55. The lowest BCUT2D eigenvalue weighted by Crippen LogP contribution is -2.06. The van der Waals surface area contributed by atoms with Crippen molar-refractivity contribution in [3.05, 3.63) is 222 Å². The molecular formula is C62H41N3O. The zero-order valence-electron chi connectivity index (χ0n) is 36.5. The molecule has 0 fully saturated rings. The monoisotopic (exact) mass is 843 g/mol. The summed E-state index contributed by atoms with van der Waals surface area (Å²) in [7, 11) is 0. The first-order valence-electron chi connectivity index (χ1n) is 22.7. The third-order valence-corrected chi connectivity index (χ3v) is 13.9. The van der Waals surface area contributed by atoms with E-state index in [2.05, 4.69) is 214 Å². The molecule has 0 atom stereocenters. The summed E-state index contributed by atoms with van der Waals surface area (Å²) in [5.41, 5.74) is 21.3. The molecule has 4 nitrogen and oxygen atoms in total. The van der Waals surface area contributed by atoms with Crippen LogP contribution in [0.3, 0.4) is 0 Å². The average Bonchev–Trinajstić information content (AvgIpc) is 3.94. The molecule has 1 aliphatic rings. The number of rotatable bonds is 6. The van der Waals surface area contributed by atoms with Crippen molar-refractivity contribution in [3.8, 4) is 78.1 Å². The molecule has 0 saturated carbocycles. The van der Waals surface area contributed by atoms with Crippen molar-refractivity contribution in [2.45, 2.75) is 20.3 Å². The Morgan fingerprint density at radius 1 is 0.394 bits per heavy atom. The first kappa shape index (κ1) is 38.0. The van der Waals surface area contributed by atoms with E-state index in [4.69, 9.17) is 19.8 Å². The van der Waals surface area contributed by atoms with Gasteiger partial charge in [-0.2, -0.15) is 0 Å². The van der Waals surface area contributed by atoms with Crippen molar-refractivity contribution >= 4 is 43.5 Å². The standard InChI is InChI=1S/C62H41N3O/c1-37-33-50-45-27-12-10-24-42(45)35-52(50)56(38(37)2)60-61(40-21-7-4-8-22-40)63-65-64-62(60)59-57(51-34-41-23-9-11-26-44(41)46-28-15-16-30-48(46)51)53(36-55-58(59)49-31-17-18-32-54(49)66-55)47-29-14-13-25-43(47)39-19-5-3-6-20-39/h3-34,36H,35H2,1-2H3. The quantitative estimate of drug-likeness (QED) is 0.157. The van der Waals surface area contributed by atoms with E-state index in [0.717, 1.165) is 106 Å². The highest BCUT2D eigenvalue weighted by Gasteiger charge is 2.33. The number of furan rings is 1. The van der Waals surface area contributed by atoms with Crippen LogP contribution in [0.2, 0.25) is 0 Å². The molecule has 10 aromatic carbocycles. The minimum atomic E-state index is 0.763. The number of aryl methyl sites for hydroxylation is 1. The summed E-state index contributed by atoms with van der Waals surface area (Å²) >= 11 is 0. The highest BCUT2D eigenvalue weighted by molar-refractivity contribution is 6.24. The molecule has 13 rings (SSSR count). The number of benzene rings is 10. The predicted molar refractivity (Wildman–Crippen MR) is 272 cm³/mol. The molecule has 0 saturated heterocycles. The van der Waals surface area contributed by atoms with Crippen LogP contribution in [0.5, 0.6) is 0 Å². The van der Waals surface area contributed by atoms with Gasteiger partial charge in [0.2, 0.25) is 0 Å². The van der Waals surface area contributed by atoms with E-state index in [1.807, 2.05) is 0 Å². The van der Waals surface area contributed by atoms with Crippen LogP contribution >= 0.6 is 0 Å². The predicted octanol–water partition coefficient (Wildman–Crippen LogP) is 16.3. The van der Waals surface area contributed by atoms with E-state index in [9.17, 15) is 0 Å². The van der Waals surface area contributed by atoms with E-state index in [1.54, 1.807) is 0 Å². The van der Waals surface area contributed by atoms with Crippen LogP contribution in [-0.2, 0) is 6.42 Å². The van der Waals surface area contributed by atoms with Crippen LogP contribution in [0.1, 0.15) is 22.3 Å². The lowest BCUT2D eigenvalue weighted by molar-refractivity contribution is 0.669. The van der Waals surface area contributed by atoms with Crippen LogP contribution in [0.4, 0.5) is 0 Å². The van der Waals surface area contributed by atoms with E-state index in [1.165, 1.54) is 44.2 Å². The third kappa shape index (κ3) is 5.81. The molecular weight excluding hydrogens is 803 g/mol. The van der Waals surface area contributed by atoms with Crippen LogP contribution in [0.25, 0.3) is 122 Å². The van der Waals surface area contributed by atoms with Crippen molar-refractivity contribution in [3.63, 3.8) is 0 Å². The number of hydrogen-bond acceptors (Lipinski definition) is 4. The van der Waals surface area contributed by atoms with Gasteiger partial charge in [0.05, 0.1) is 0 Å². The Morgan fingerprint density at radius 3 is 1.82 bits per heavy atom. The lowest BCUT2D eigenvalue weighted by atomic mass is 9.79. The summed E-state index contributed by atoms with van der Waals surface area (Å²) < 4.78 is 7.03. The summed E-state index contributed by atoms with van der Waals surface area (Å²) in [6.45, 7) is 4.50. The van der Waals surface area contributed by atoms with Crippen LogP contribution in [-0.4, -0.2) is 15.4 Å². The first-order chi connectivity index (χ1) is 32.6. The summed E-state index contributed by atoms with van der Waals surface area (Å²) in [6.07, 6.45) is 0.800. The maximum atomic E-state index is 7.03. The van der Waals surface area contributed by atoms with Gasteiger partial charge < -0.3 is 4.42 Å². The molecule has 0 unspecified atom stereocenters. The fourth-order valence-corrected chi connectivity index (χ4v) is 10.9. The van der Waals surface area contributed by atoms with Gasteiger partial charge in [-0.3, -0.25) is 0 Å². The Bertz CT molecular complexity index is 3920. The maximum Gasteiger partial charge on any atom is 0.136 e. The van der Waals surface area contributed by atoms with Gasteiger partial charge in [-0.15, -0.1) is 10.2 Å². The fourth-order valence-electron chi connectivity index (χ4n) is 10.9. The van der Waals surface area contributed by atoms with Gasteiger partial charge in [-0.25, -0.2) is 0 Å². The maximum absolute atomic E-state index is 7.03. The molecule has 4 heteroatoms. The topological polar surface area (TPSA) is 51.8 Å². The molecule has 0 N–H and O–H groups in total. The van der Waals surface area contributed by atoms with Crippen molar-refractivity contribution in [1.82, 2.24) is 15.4 Å². The van der Waals surface area contributed by atoms with E-state index >= 15 is 0 Å². The van der Waals surface area contributed by atoms with Crippen molar-refractivity contribution in [2.24, 2.45) is 0 Å². The van der Waals surface area contributed by atoms with Gasteiger partial charge in [0, 0.05) is 33.0 Å². The van der Waals surface area contributed by atoms with E-state index in [-0.39, 0.29) is 0 Å². The molecule has 12 aromatic rings. The zero-order valence-corrected chi connectivity index (χ0v) is 36.5. The summed E-state index contributed by atoms with van der Waals surface area (Å²) in [4.78, 5) is 0. The minimum Gasteiger partial charge on any atom is -0.456 e. The molecule has 0 radical (unpaired) electrons. The van der Waals surface area contributed by atoms with Crippen LogP contribution in [0.15, 0.2) is 205 Å². The number of para-hydroxylation sites is 1. The molecule has 0 bridgehead atoms. The van der Waals surface area contributed by atoms with Gasteiger partial charge in [0.25, 0.3) is 0 Å². The Balaban J connectivity index is 1.28. The van der Waals surface area contributed by atoms with Gasteiger partial charge in [0.1, 0.15) is 22.6 Å². The highest BCUT2D eigenvalue weighted by atomic mass is 16.3. The molecule has 2 aromatic heterocycles. The second kappa shape index (κ2) is 15.1. The van der Waals surface area contributed by atoms with Crippen molar-refractivity contribution in [1.29, 1.82) is 0 Å². The second-order valence-corrected chi connectivity index (χ2v) is 17.5. The molecule has 66 heavy (non-hydrogen) atoms. The molecule has 0 spiro atoms. The molecule has 0 amide bonds. The van der Waals surface area contributed by atoms with Crippen molar-refractivity contribution < 1.29 is 4.42 Å². The number of nitrogens with zero attached hydrogens (tertiary/aromatic N) is 3. The lowest BCUT2D eigenvalue weighted by Gasteiger charge is -2.24. The largest absolute Gasteiger partial charge is 0.456 e. The summed E-state index contributed by atoms with van der Waals surface area (Å²) in [5.74, 6) is 0. The summed E-state index contributed by atoms with van der Waals surface area (Å²) in [6, 6.07) is 71.8. The smallest absolute Gasteiger partial charge is 0.136 e. The molecule has 0 aliphatic heterocycles. The average molecular weight is 844 g/mol. The SMILES string of the molecule is Cc1cc2c(c(-c3c(-c4ccccc4)nnnc3-c3c(-c4cc5ccccc5c5ccccc45)c(-c4ccccc4-c4ccccc4)cc4oc5ccccc5c34)c1C)Cc1ccccc1-2. The van der Waals surface area contributed by atoms with E-state index < -0.39 is 0 Å². The van der Waals surface area contributed by atoms with Crippen LogP contribution in [0, 0.1) is 13.8 Å². The normalized spacial score (nSPS) is 12.0. The third-order valence-electron chi connectivity index (χ3n) is 13.9. The molecule has 1 aliphatic carbocycles.